The monoisotopic (exact) mass is 355 g/mol. The molecule has 2 aromatic rings. The predicted molar refractivity (Wildman–Crippen MR) is 84.8 cm³/mol. The molecule has 0 aliphatic rings. The molecule has 0 aliphatic heterocycles. The Labute approximate surface area is 131 Å². The van der Waals surface area contributed by atoms with Gasteiger partial charge < -0.3 is 5.32 Å². The van der Waals surface area contributed by atoms with E-state index in [-0.39, 0.29) is 5.91 Å². The zero-order valence-electron chi connectivity index (χ0n) is 10.9. The van der Waals surface area contributed by atoms with E-state index in [0.717, 1.165) is 23.9 Å². The molecule has 0 aliphatic carbocycles. The van der Waals surface area contributed by atoms with E-state index in [1.807, 2.05) is 18.3 Å². The van der Waals surface area contributed by atoms with Crippen molar-refractivity contribution in [3.8, 4) is 5.69 Å². The molecule has 0 spiro atoms. The van der Waals surface area contributed by atoms with Crippen LogP contribution in [0.25, 0.3) is 5.69 Å². The number of hydrogen-bond donors (Lipinski definition) is 1. The topological polar surface area (TPSA) is 46.9 Å². The number of unbranched alkanes of at least 4 members (excludes halogenated alkanes) is 1. The normalized spacial score (nSPS) is 10.5. The number of benzene rings is 1. The molecule has 1 aromatic heterocycles. The highest BCUT2D eigenvalue weighted by Crippen LogP contribution is 2.24. The number of anilines is 1. The second kappa shape index (κ2) is 7.45. The van der Waals surface area contributed by atoms with E-state index in [9.17, 15) is 4.79 Å². The average Bonchev–Trinajstić information content (AvgIpc) is 2.93. The molecule has 0 radical (unpaired) electrons. The number of amides is 1. The van der Waals surface area contributed by atoms with Crippen molar-refractivity contribution in [1.29, 1.82) is 0 Å². The Balaban J connectivity index is 2.14. The molecule has 1 N–H and O–H groups in total. The summed E-state index contributed by atoms with van der Waals surface area (Å²) in [7, 11) is 0. The van der Waals surface area contributed by atoms with Crippen LogP contribution in [0.15, 0.2) is 36.7 Å². The minimum Gasteiger partial charge on any atom is -0.324 e. The summed E-state index contributed by atoms with van der Waals surface area (Å²) in [6.45, 7) is 0. The lowest BCUT2D eigenvalue weighted by molar-refractivity contribution is -0.116. The van der Waals surface area contributed by atoms with E-state index in [4.69, 9.17) is 11.6 Å². The van der Waals surface area contributed by atoms with E-state index in [1.54, 1.807) is 23.0 Å². The molecule has 1 amide bonds. The largest absolute Gasteiger partial charge is 0.324 e. The van der Waals surface area contributed by atoms with Crippen LogP contribution in [0.4, 0.5) is 5.69 Å². The third kappa shape index (κ3) is 4.08. The van der Waals surface area contributed by atoms with Crippen LogP contribution in [0, 0.1) is 0 Å². The van der Waals surface area contributed by atoms with Crippen LogP contribution in [-0.4, -0.2) is 21.0 Å². The number of carbonyl (C=O) groups excluding carboxylic acids is 1. The molecule has 0 saturated heterocycles. The van der Waals surface area contributed by atoms with Crippen molar-refractivity contribution in [3.05, 3.63) is 41.7 Å². The van der Waals surface area contributed by atoms with Crippen molar-refractivity contribution >= 4 is 39.1 Å². The van der Waals surface area contributed by atoms with Gasteiger partial charge in [0, 0.05) is 29.2 Å². The summed E-state index contributed by atoms with van der Waals surface area (Å²) in [5, 5.41) is 8.57. The van der Waals surface area contributed by atoms with Crippen LogP contribution < -0.4 is 5.32 Å². The summed E-state index contributed by atoms with van der Waals surface area (Å²) >= 11 is 9.35. The van der Waals surface area contributed by atoms with Gasteiger partial charge in [0.1, 0.15) is 0 Å². The lowest BCUT2D eigenvalue weighted by atomic mass is 10.2. The van der Waals surface area contributed by atoms with Crippen molar-refractivity contribution in [1.82, 2.24) is 9.78 Å². The molecule has 0 atom stereocenters. The standard InChI is InChI=1S/C14H15BrClN3O/c15-7-2-1-4-14(20)18-12-10-11(16)5-6-13(12)19-9-3-8-17-19/h3,5-6,8-10H,1-2,4,7H2,(H,18,20). The molecule has 1 aromatic carbocycles. The summed E-state index contributed by atoms with van der Waals surface area (Å²) in [5.41, 5.74) is 1.47. The molecule has 6 heteroatoms. The van der Waals surface area contributed by atoms with Gasteiger partial charge in [0.05, 0.1) is 11.4 Å². The highest BCUT2D eigenvalue weighted by molar-refractivity contribution is 9.09. The lowest BCUT2D eigenvalue weighted by Gasteiger charge is -2.11. The first-order valence-electron chi connectivity index (χ1n) is 6.36. The van der Waals surface area contributed by atoms with Gasteiger partial charge in [-0.1, -0.05) is 27.5 Å². The smallest absolute Gasteiger partial charge is 0.224 e. The first kappa shape index (κ1) is 15.1. The zero-order chi connectivity index (χ0) is 14.4. The zero-order valence-corrected chi connectivity index (χ0v) is 13.2. The number of halogens is 2. The fourth-order valence-corrected chi connectivity index (χ4v) is 2.38. The summed E-state index contributed by atoms with van der Waals surface area (Å²) in [5.74, 6) is -0.0124. The van der Waals surface area contributed by atoms with Gasteiger partial charge in [-0.25, -0.2) is 4.68 Å². The van der Waals surface area contributed by atoms with Crippen molar-refractivity contribution in [3.63, 3.8) is 0 Å². The van der Waals surface area contributed by atoms with Gasteiger partial charge in [-0.2, -0.15) is 5.10 Å². The molecular formula is C14H15BrClN3O. The SMILES string of the molecule is O=C(CCCCBr)Nc1cc(Cl)ccc1-n1cccn1. The molecule has 0 bridgehead atoms. The third-order valence-corrected chi connectivity index (χ3v) is 3.57. The predicted octanol–water partition coefficient (Wildman–Crippen LogP) is 4.03. The number of carbonyl (C=O) groups is 1. The Hall–Kier alpha value is -1.33. The Kier molecular flexibility index (Phi) is 5.61. The highest BCUT2D eigenvalue weighted by Gasteiger charge is 2.09. The maximum atomic E-state index is 11.9. The van der Waals surface area contributed by atoms with Gasteiger partial charge in [-0.05, 0) is 37.1 Å². The fraction of sp³-hybridized carbons (Fsp3) is 0.286. The van der Waals surface area contributed by atoms with E-state index >= 15 is 0 Å². The highest BCUT2D eigenvalue weighted by atomic mass is 79.9. The molecule has 0 saturated carbocycles. The molecule has 2 rings (SSSR count). The maximum absolute atomic E-state index is 11.9. The Bertz CT molecular complexity index is 572. The van der Waals surface area contributed by atoms with E-state index in [1.165, 1.54) is 0 Å². The van der Waals surface area contributed by atoms with E-state index < -0.39 is 0 Å². The van der Waals surface area contributed by atoms with Gasteiger partial charge in [-0.3, -0.25) is 4.79 Å². The van der Waals surface area contributed by atoms with Crippen molar-refractivity contribution < 1.29 is 4.79 Å². The van der Waals surface area contributed by atoms with Gasteiger partial charge in [0.25, 0.3) is 0 Å². The summed E-state index contributed by atoms with van der Waals surface area (Å²) in [6.07, 6.45) is 5.85. The van der Waals surface area contributed by atoms with Gasteiger partial charge in [0.15, 0.2) is 0 Å². The van der Waals surface area contributed by atoms with Gasteiger partial charge in [-0.15, -0.1) is 0 Å². The number of nitrogens with zero attached hydrogens (tertiary/aromatic N) is 2. The quantitative estimate of drug-likeness (QED) is 0.627. The number of aromatic nitrogens is 2. The van der Waals surface area contributed by atoms with Gasteiger partial charge >= 0.3 is 0 Å². The Morgan fingerprint density at radius 2 is 2.25 bits per heavy atom. The fourth-order valence-electron chi connectivity index (χ4n) is 1.81. The number of hydrogen-bond acceptors (Lipinski definition) is 2. The van der Waals surface area contributed by atoms with Crippen molar-refractivity contribution in [2.45, 2.75) is 19.3 Å². The van der Waals surface area contributed by atoms with Crippen LogP contribution in [0.5, 0.6) is 0 Å². The molecule has 1 heterocycles. The maximum Gasteiger partial charge on any atom is 0.224 e. The van der Waals surface area contributed by atoms with Gasteiger partial charge in [0.2, 0.25) is 5.91 Å². The second-order valence-corrected chi connectivity index (χ2v) is 5.54. The Morgan fingerprint density at radius 1 is 1.40 bits per heavy atom. The number of alkyl halides is 1. The molecular weight excluding hydrogens is 342 g/mol. The molecule has 20 heavy (non-hydrogen) atoms. The number of nitrogens with one attached hydrogen (secondary N) is 1. The first-order chi connectivity index (χ1) is 9.70. The Morgan fingerprint density at radius 3 is 2.95 bits per heavy atom. The minimum absolute atomic E-state index is 0.0124. The summed E-state index contributed by atoms with van der Waals surface area (Å²) in [6, 6.07) is 7.18. The van der Waals surface area contributed by atoms with E-state index in [0.29, 0.717) is 17.1 Å². The lowest BCUT2D eigenvalue weighted by Crippen LogP contribution is -2.13. The van der Waals surface area contributed by atoms with Crippen LogP contribution in [-0.2, 0) is 4.79 Å². The summed E-state index contributed by atoms with van der Waals surface area (Å²) in [4.78, 5) is 11.9. The first-order valence-corrected chi connectivity index (χ1v) is 7.86. The van der Waals surface area contributed by atoms with Crippen LogP contribution in [0.2, 0.25) is 5.02 Å². The minimum atomic E-state index is -0.0124. The molecule has 0 fully saturated rings. The van der Waals surface area contributed by atoms with Crippen molar-refractivity contribution in [2.24, 2.45) is 0 Å². The third-order valence-electron chi connectivity index (χ3n) is 2.77. The van der Waals surface area contributed by atoms with E-state index in [2.05, 4.69) is 26.3 Å². The summed E-state index contributed by atoms with van der Waals surface area (Å²) < 4.78 is 1.70. The number of rotatable bonds is 6. The average molecular weight is 357 g/mol. The molecule has 4 nitrogen and oxygen atoms in total. The second-order valence-electron chi connectivity index (χ2n) is 4.31. The van der Waals surface area contributed by atoms with Crippen LogP contribution in [0.3, 0.4) is 0 Å². The van der Waals surface area contributed by atoms with Crippen LogP contribution >= 0.6 is 27.5 Å². The molecule has 0 unspecified atom stereocenters. The van der Waals surface area contributed by atoms with Crippen LogP contribution in [0.1, 0.15) is 19.3 Å². The van der Waals surface area contributed by atoms with Crippen molar-refractivity contribution in [2.75, 3.05) is 10.6 Å². The molecule has 106 valence electrons.